The van der Waals surface area contributed by atoms with Gasteiger partial charge < -0.3 is 15.2 Å². The molecule has 0 radical (unpaired) electrons. The van der Waals surface area contributed by atoms with E-state index in [4.69, 9.17) is 4.52 Å². The molecule has 19 heavy (non-hydrogen) atoms. The van der Waals surface area contributed by atoms with Crippen LogP contribution in [0.2, 0.25) is 0 Å². The molecule has 0 amide bonds. The molecule has 0 saturated carbocycles. The van der Waals surface area contributed by atoms with Crippen molar-refractivity contribution < 1.29 is 4.52 Å². The van der Waals surface area contributed by atoms with Crippen molar-refractivity contribution in [3.8, 4) is 0 Å². The van der Waals surface area contributed by atoms with E-state index >= 15 is 0 Å². The van der Waals surface area contributed by atoms with Crippen LogP contribution in [-0.4, -0.2) is 24.2 Å². The predicted octanol–water partition coefficient (Wildman–Crippen LogP) is 2.62. The first-order valence-electron chi connectivity index (χ1n) is 6.48. The lowest BCUT2D eigenvalue weighted by Gasteiger charge is -2.12. The Labute approximate surface area is 132 Å². The van der Waals surface area contributed by atoms with Gasteiger partial charge in [0.2, 0.25) is 0 Å². The summed E-state index contributed by atoms with van der Waals surface area (Å²) in [4.78, 5) is 4.54. The fourth-order valence-electron chi connectivity index (χ4n) is 1.53. The van der Waals surface area contributed by atoms with Crippen molar-refractivity contribution in [1.29, 1.82) is 0 Å². The van der Waals surface area contributed by atoms with Crippen LogP contribution in [-0.2, 0) is 6.54 Å². The molecule has 0 aliphatic rings. The minimum absolute atomic E-state index is 0. The highest BCUT2D eigenvalue weighted by atomic mass is 127. The Balaban J connectivity index is 0.00000324. The molecule has 0 aromatic carbocycles. The molecule has 1 heterocycles. The first-order valence-corrected chi connectivity index (χ1v) is 6.48. The van der Waals surface area contributed by atoms with Crippen molar-refractivity contribution in [2.75, 3.05) is 13.1 Å². The van der Waals surface area contributed by atoms with Gasteiger partial charge in [0.05, 0.1) is 12.2 Å². The first kappa shape index (κ1) is 18.2. The normalized spacial score (nSPS) is 11.4. The van der Waals surface area contributed by atoms with Gasteiger partial charge >= 0.3 is 0 Å². The second kappa shape index (κ2) is 9.17. The number of rotatable bonds is 5. The molecule has 0 fully saturated rings. The lowest BCUT2D eigenvalue weighted by atomic mass is 10.2. The van der Waals surface area contributed by atoms with Gasteiger partial charge in [0.25, 0.3) is 0 Å². The second-order valence-corrected chi connectivity index (χ2v) is 4.77. The lowest BCUT2D eigenvalue weighted by Crippen LogP contribution is -2.39. The number of guanidine groups is 1. The van der Waals surface area contributed by atoms with Crippen molar-refractivity contribution in [3.05, 3.63) is 17.0 Å². The van der Waals surface area contributed by atoms with E-state index in [1.165, 1.54) is 0 Å². The first-order chi connectivity index (χ1) is 8.54. The van der Waals surface area contributed by atoms with Crippen molar-refractivity contribution in [3.63, 3.8) is 0 Å². The monoisotopic (exact) mass is 380 g/mol. The van der Waals surface area contributed by atoms with E-state index in [2.05, 4.69) is 41.6 Å². The number of aliphatic imine (C=N–C) groups is 1. The highest BCUT2D eigenvalue weighted by Crippen LogP contribution is 2.12. The average molecular weight is 380 g/mol. The summed E-state index contributed by atoms with van der Waals surface area (Å²) in [6.07, 6.45) is 0. The van der Waals surface area contributed by atoms with E-state index in [1.807, 2.05) is 13.8 Å². The molecular formula is C13H25IN4O. The molecular weight excluding hydrogens is 355 g/mol. The van der Waals surface area contributed by atoms with E-state index in [0.29, 0.717) is 12.5 Å². The molecule has 0 atom stereocenters. The number of aryl methyl sites for hydroxylation is 2. The molecule has 0 saturated heterocycles. The van der Waals surface area contributed by atoms with Crippen molar-refractivity contribution in [1.82, 2.24) is 15.8 Å². The van der Waals surface area contributed by atoms with E-state index in [1.54, 1.807) is 0 Å². The molecule has 110 valence electrons. The summed E-state index contributed by atoms with van der Waals surface area (Å²) in [7, 11) is 0. The Morgan fingerprint density at radius 3 is 2.47 bits per heavy atom. The summed E-state index contributed by atoms with van der Waals surface area (Å²) in [6.45, 7) is 12.6. The minimum Gasteiger partial charge on any atom is -0.361 e. The highest BCUT2D eigenvalue weighted by molar-refractivity contribution is 14.0. The number of hydrogen-bond acceptors (Lipinski definition) is 3. The second-order valence-electron chi connectivity index (χ2n) is 4.77. The maximum absolute atomic E-state index is 5.13. The van der Waals surface area contributed by atoms with Crippen LogP contribution in [0.5, 0.6) is 0 Å². The largest absolute Gasteiger partial charge is 0.361 e. The van der Waals surface area contributed by atoms with Crippen LogP contribution in [0.3, 0.4) is 0 Å². The summed E-state index contributed by atoms with van der Waals surface area (Å²) < 4.78 is 5.13. The number of aromatic nitrogens is 1. The van der Waals surface area contributed by atoms with Crippen molar-refractivity contribution in [2.45, 2.75) is 41.2 Å². The molecule has 0 bridgehead atoms. The third-order valence-corrected chi connectivity index (χ3v) is 2.60. The zero-order chi connectivity index (χ0) is 13.5. The zero-order valence-electron chi connectivity index (χ0n) is 12.4. The number of hydrogen-bond donors (Lipinski definition) is 2. The van der Waals surface area contributed by atoms with E-state index < -0.39 is 0 Å². The summed E-state index contributed by atoms with van der Waals surface area (Å²) in [5, 5.41) is 10.5. The number of nitrogens with one attached hydrogen (secondary N) is 2. The topological polar surface area (TPSA) is 62.5 Å². The van der Waals surface area contributed by atoms with Crippen LogP contribution in [0.15, 0.2) is 9.52 Å². The van der Waals surface area contributed by atoms with Gasteiger partial charge in [0, 0.05) is 18.7 Å². The van der Waals surface area contributed by atoms with E-state index in [-0.39, 0.29) is 24.0 Å². The lowest BCUT2D eigenvalue weighted by molar-refractivity contribution is 0.392. The average Bonchev–Trinajstić information content (AvgIpc) is 2.63. The summed E-state index contributed by atoms with van der Waals surface area (Å²) in [5.74, 6) is 2.27. The highest BCUT2D eigenvalue weighted by Gasteiger charge is 2.08. The van der Waals surface area contributed by atoms with Crippen molar-refractivity contribution >= 4 is 29.9 Å². The van der Waals surface area contributed by atoms with Gasteiger partial charge in [-0.05, 0) is 26.7 Å². The van der Waals surface area contributed by atoms with E-state index in [9.17, 15) is 0 Å². The molecule has 1 aromatic heterocycles. The van der Waals surface area contributed by atoms with Crippen LogP contribution >= 0.6 is 24.0 Å². The van der Waals surface area contributed by atoms with Crippen LogP contribution in [0.4, 0.5) is 0 Å². The Bertz CT molecular complexity index is 382. The Morgan fingerprint density at radius 1 is 1.32 bits per heavy atom. The fourth-order valence-corrected chi connectivity index (χ4v) is 1.53. The Hall–Kier alpha value is -0.790. The van der Waals surface area contributed by atoms with Gasteiger partial charge in [-0.25, -0.2) is 4.99 Å². The maximum atomic E-state index is 5.13. The SMILES string of the molecule is CCNC(=NCc1c(C)noc1C)NCC(C)C.I. The van der Waals surface area contributed by atoms with Gasteiger partial charge in [-0.3, -0.25) is 0 Å². The van der Waals surface area contributed by atoms with Gasteiger partial charge in [-0.15, -0.1) is 24.0 Å². The van der Waals surface area contributed by atoms with Crippen molar-refractivity contribution in [2.24, 2.45) is 10.9 Å². The van der Waals surface area contributed by atoms with Crippen LogP contribution in [0.1, 0.15) is 37.8 Å². The predicted molar refractivity (Wildman–Crippen MR) is 89.0 cm³/mol. The standard InChI is InChI=1S/C13H24N4O.HI/c1-6-14-13(15-7-9(2)3)16-8-12-10(4)17-18-11(12)5;/h9H,6-8H2,1-5H3,(H2,14,15,16);1H. The molecule has 0 unspecified atom stereocenters. The molecule has 2 N–H and O–H groups in total. The third-order valence-electron chi connectivity index (χ3n) is 2.60. The molecule has 0 aliphatic carbocycles. The van der Waals surface area contributed by atoms with Gasteiger partial charge in [0.15, 0.2) is 5.96 Å². The summed E-state index contributed by atoms with van der Waals surface area (Å²) in [6, 6.07) is 0. The molecule has 0 spiro atoms. The zero-order valence-corrected chi connectivity index (χ0v) is 14.7. The van der Waals surface area contributed by atoms with E-state index in [0.717, 1.165) is 36.1 Å². The number of halogens is 1. The number of nitrogens with zero attached hydrogens (tertiary/aromatic N) is 2. The molecule has 6 heteroatoms. The Morgan fingerprint density at radius 2 is 2.00 bits per heavy atom. The van der Waals surface area contributed by atoms with Gasteiger partial charge in [0.1, 0.15) is 5.76 Å². The molecule has 1 aromatic rings. The Kier molecular flexibility index (Phi) is 8.79. The third kappa shape index (κ3) is 6.26. The minimum atomic E-state index is 0. The fraction of sp³-hybridized carbons (Fsp3) is 0.692. The van der Waals surface area contributed by atoms with Gasteiger partial charge in [-0.2, -0.15) is 0 Å². The van der Waals surface area contributed by atoms with Crippen LogP contribution in [0, 0.1) is 19.8 Å². The molecule has 0 aliphatic heterocycles. The maximum Gasteiger partial charge on any atom is 0.191 e. The van der Waals surface area contributed by atoms with Gasteiger partial charge in [-0.1, -0.05) is 19.0 Å². The molecule has 1 rings (SSSR count). The molecule has 5 nitrogen and oxygen atoms in total. The van der Waals surface area contributed by atoms with Crippen LogP contribution in [0.25, 0.3) is 0 Å². The smallest absolute Gasteiger partial charge is 0.191 e. The van der Waals surface area contributed by atoms with Crippen LogP contribution < -0.4 is 10.6 Å². The summed E-state index contributed by atoms with van der Waals surface area (Å²) >= 11 is 0. The summed E-state index contributed by atoms with van der Waals surface area (Å²) in [5.41, 5.74) is 1.98. The quantitative estimate of drug-likeness (QED) is 0.468.